The average Bonchev–Trinajstić information content (AvgIpc) is 3.84. The van der Waals surface area contributed by atoms with Crippen LogP contribution < -0.4 is 0 Å². The van der Waals surface area contributed by atoms with E-state index in [0.29, 0.717) is 5.82 Å². The van der Waals surface area contributed by atoms with Gasteiger partial charge in [0.05, 0.1) is 22.2 Å². The molecule has 0 spiro atoms. The Morgan fingerprint density at radius 3 is 2.14 bits per heavy atom. The highest BCUT2D eigenvalue weighted by Gasteiger charge is 2.22. The van der Waals surface area contributed by atoms with Crippen LogP contribution in [0.5, 0.6) is 0 Å². The fraction of sp³-hybridized carbons (Fsp3) is 0. The zero-order chi connectivity index (χ0) is 32.1. The maximum Gasteiger partial charge on any atom is 0.161 e. The largest absolute Gasteiger partial charge is 0.454 e. The molecular formula is C44H25N3OS. The Labute approximate surface area is 284 Å². The van der Waals surface area contributed by atoms with Crippen LogP contribution in [0.1, 0.15) is 0 Å². The lowest BCUT2D eigenvalue weighted by molar-refractivity contribution is 0.671. The second kappa shape index (κ2) is 10.1. The van der Waals surface area contributed by atoms with E-state index in [-0.39, 0.29) is 0 Å². The molecule has 4 heterocycles. The van der Waals surface area contributed by atoms with Crippen molar-refractivity contribution in [3.05, 3.63) is 152 Å². The fourth-order valence-electron chi connectivity index (χ4n) is 7.62. The summed E-state index contributed by atoms with van der Waals surface area (Å²) in [6.07, 6.45) is 0. The van der Waals surface area contributed by atoms with E-state index >= 15 is 0 Å². The van der Waals surface area contributed by atoms with Crippen LogP contribution in [0.25, 0.3) is 103 Å². The number of rotatable bonds is 3. The molecule has 0 unspecified atom stereocenters. The molecule has 0 N–H and O–H groups in total. The van der Waals surface area contributed by atoms with Gasteiger partial charge in [-0.2, -0.15) is 0 Å². The number of hydrogen-bond donors (Lipinski definition) is 0. The van der Waals surface area contributed by atoms with Crippen molar-refractivity contribution >= 4 is 86.2 Å². The minimum atomic E-state index is 0.714. The maximum absolute atomic E-state index is 6.68. The van der Waals surface area contributed by atoms with E-state index in [0.717, 1.165) is 71.8 Å². The van der Waals surface area contributed by atoms with Crippen molar-refractivity contribution in [1.29, 1.82) is 0 Å². The summed E-state index contributed by atoms with van der Waals surface area (Å²) in [5.41, 5.74) is 8.94. The van der Waals surface area contributed by atoms with Gasteiger partial charge in [-0.3, -0.25) is 0 Å². The second-order valence-electron chi connectivity index (χ2n) is 12.5. The number of hydrogen-bond acceptors (Lipinski definition) is 4. The van der Waals surface area contributed by atoms with Gasteiger partial charge in [0.15, 0.2) is 11.4 Å². The molecule has 0 aliphatic carbocycles. The van der Waals surface area contributed by atoms with Crippen LogP contribution in [-0.2, 0) is 0 Å². The highest BCUT2D eigenvalue weighted by atomic mass is 32.1. The molecular weight excluding hydrogens is 619 g/mol. The Morgan fingerprint density at radius 2 is 1.24 bits per heavy atom. The van der Waals surface area contributed by atoms with Gasteiger partial charge < -0.3 is 8.98 Å². The van der Waals surface area contributed by atoms with Crippen LogP contribution in [-0.4, -0.2) is 14.5 Å². The van der Waals surface area contributed by atoms with Crippen molar-refractivity contribution in [2.75, 3.05) is 0 Å². The first-order valence-electron chi connectivity index (χ1n) is 16.4. The van der Waals surface area contributed by atoms with Gasteiger partial charge in [0, 0.05) is 63.9 Å². The minimum Gasteiger partial charge on any atom is -0.454 e. The standard InChI is InChI=1S/C44H25N3OS/c1-2-12-26(13-3-1)40-33-17-4-8-18-36(33)45-44(46-40)35-25-27(24-34-30-16-7-11-21-39(30)49-43(34)35)47-37-19-9-5-14-28(37)31-22-23-32-29-15-6-10-20-38(29)48-42(32)41(31)47/h1-25H. The molecule has 0 fully saturated rings. The lowest BCUT2D eigenvalue weighted by Crippen LogP contribution is -1.98. The Bertz CT molecular complexity index is 3110. The number of benzene rings is 7. The number of thiophene rings is 1. The molecule has 0 atom stereocenters. The number of para-hydroxylation sites is 3. The van der Waals surface area contributed by atoms with E-state index in [1.165, 1.54) is 25.6 Å². The van der Waals surface area contributed by atoms with Crippen LogP contribution in [0.15, 0.2) is 156 Å². The summed E-state index contributed by atoms with van der Waals surface area (Å²) >= 11 is 1.80. The molecule has 0 saturated heterocycles. The van der Waals surface area contributed by atoms with Crippen LogP contribution in [0, 0.1) is 0 Å². The predicted molar refractivity (Wildman–Crippen MR) is 205 cm³/mol. The summed E-state index contributed by atoms with van der Waals surface area (Å²) in [7, 11) is 0. The van der Waals surface area contributed by atoms with Crippen LogP contribution in [0.3, 0.4) is 0 Å². The molecule has 228 valence electrons. The van der Waals surface area contributed by atoms with E-state index in [4.69, 9.17) is 14.4 Å². The monoisotopic (exact) mass is 643 g/mol. The van der Waals surface area contributed by atoms with Crippen LogP contribution in [0.2, 0.25) is 0 Å². The molecule has 49 heavy (non-hydrogen) atoms. The third-order valence-corrected chi connectivity index (χ3v) is 11.0. The van der Waals surface area contributed by atoms with Gasteiger partial charge in [0.2, 0.25) is 0 Å². The molecule has 5 heteroatoms. The van der Waals surface area contributed by atoms with Gasteiger partial charge in [-0.15, -0.1) is 11.3 Å². The summed E-state index contributed by atoms with van der Waals surface area (Å²) in [6, 6.07) is 53.4. The molecule has 0 radical (unpaired) electrons. The summed E-state index contributed by atoms with van der Waals surface area (Å²) in [4.78, 5) is 10.6. The van der Waals surface area contributed by atoms with E-state index < -0.39 is 0 Å². The first-order chi connectivity index (χ1) is 24.3. The number of furan rings is 1. The zero-order valence-corrected chi connectivity index (χ0v) is 26.9. The smallest absolute Gasteiger partial charge is 0.161 e. The van der Waals surface area contributed by atoms with E-state index in [9.17, 15) is 0 Å². The lowest BCUT2D eigenvalue weighted by Gasteiger charge is -2.13. The molecule has 0 aliphatic heterocycles. The van der Waals surface area contributed by atoms with Crippen molar-refractivity contribution in [3.8, 4) is 28.3 Å². The highest BCUT2D eigenvalue weighted by molar-refractivity contribution is 7.26. The molecule has 0 aliphatic rings. The Kier molecular flexibility index (Phi) is 5.51. The summed E-state index contributed by atoms with van der Waals surface area (Å²) in [6.45, 7) is 0. The molecule has 11 aromatic rings. The van der Waals surface area contributed by atoms with Crippen LogP contribution >= 0.6 is 11.3 Å². The minimum absolute atomic E-state index is 0.714. The number of aromatic nitrogens is 3. The van der Waals surface area contributed by atoms with E-state index in [1.54, 1.807) is 11.3 Å². The highest BCUT2D eigenvalue weighted by Crippen LogP contribution is 2.45. The maximum atomic E-state index is 6.68. The molecule has 0 saturated carbocycles. The normalized spacial score (nSPS) is 12.1. The van der Waals surface area contributed by atoms with Crippen molar-refractivity contribution in [3.63, 3.8) is 0 Å². The third kappa shape index (κ3) is 3.85. The lowest BCUT2D eigenvalue weighted by atomic mass is 10.0. The quantitative estimate of drug-likeness (QED) is 0.192. The van der Waals surface area contributed by atoms with Gasteiger partial charge in [-0.25, -0.2) is 9.97 Å². The van der Waals surface area contributed by atoms with E-state index in [2.05, 4.69) is 144 Å². The third-order valence-electron chi connectivity index (χ3n) is 9.79. The average molecular weight is 644 g/mol. The number of fused-ring (bicyclic) bond motifs is 11. The van der Waals surface area contributed by atoms with Crippen molar-refractivity contribution in [1.82, 2.24) is 14.5 Å². The fourth-order valence-corrected chi connectivity index (χ4v) is 8.81. The van der Waals surface area contributed by atoms with Gasteiger partial charge in [-0.1, -0.05) is 109 Å². The summed E-state index contributed by atoms with van der Waals surface area (Å²) < 4.78 is 11.5. The van der Waals surface area contributed by atoms with Gasteiger partial charge >= 0.3 is 0 Å². The molecule has 0 bridgehead atoms. The first-order valence-corrected chi connectivity index (χ1v) is 17.2. The van der Waals surface area contributed by atoms with Gasteiger partial charge in [-0.05, 0) is 42.5 Å². The first kappa shape index (κ1) is 26.7. The van der Waals surface area contributed by atoms with Gasteiger partial charge in [0.1, 0.15) is 5.58 Å². The van der Waals surface area contributed by atoms with Crippen molar-refractivity contribution in [2.24, 2.45) is 0 Å². The van der Waals surface area contributed by atoms with Gasteiger partial charge in [0.25, 0.3) is 0 Å². The van der Waals surface area contributed by atoms with Crippen molar-refractivity contribution in [2.45, 2.75) is 0 Å². The zero-order valence-electron chi connectivity index (χ0n) is 26.1. The molecule has 4 nitrogen and oxygen atoms in total. The summed E-state index contributed by atoms with van der Waals surface area (Å²) in [5.74, 6) is 0.714. The van der Waals surface area contributed by atoms with Crippen molar-refractivity contribution < 1.29 is 4.42 Å². The second-order valence-corrected chi connectivity index (χ2v) is 13.6. The summed E-state index contributed by atoms with van der Waals surface area (Å²) in [5, 5.41) is 8.03. The Hall–Kier alpha value is -6.30. The SMILES string of the molecule is c1ccc(-c2nc(-c3cc(-n4c5ccccc5c5ccc6c7ccccc7oc6c54)cc4c3sc3ccccc34)nc3ccccc23)cc1. The molecule has 7 aromatic carbocycles. The Balaban J connectivity index is 1.30. The molecule has 11 rings (SSSR count). The number of nitrogens with zero attached hydrogens (tertiary/aromatic N) is 3. The topological polar surface area (TPSA) is 43.9 Å². The van der Waals surface area contributed by atoms with Crippen LogP contribution in [0.4, 0.5) is 0 Å². The Morgan fingerprint density at radius 1 is 0.531 bits per heavy atom. The molecule has 4 aromatic heterocycles. The van der Waals surface area contributed by atoms with E-state index in [1.807, 2.05) is 12.1 Å². The molecule has 0 amide bonds. The predicted octanol–water partition coefficient (Wildman–Crippen LogP) is 12.3.